The fraction of sp³-hybridized carbons (Fsp3) is 0. The van der Waals surface area contributed by atoms with Crippen molar-refractivity contribution in [2.45, 2.75) is 0 Å². The third-order valence-corrected chi connectivity index (χ3v) is 3.39. The van der Waals surface area contributed by atoms with Crippen molar-refractivity contribution in [2.24, 2.45) is 0 Å². The van der Waals surface area contributed by atoms with E-state index in [1.807, 2.05) is 0 Å². The molecule has 0 aliphatic carbocycles. The van der Waals surface area contributed by atoms with Crippen molar-refractivity contribution in [3.63, 3.8) is 0 Å². The zero-order valence-electron chi connectivity index (χ0n) is 11.6. The molecule has 114 valence electrons. The lowest BCUT2D eigenvalue weighted by Crippen LogP contribution is -2.10. The Bertz CT molecular complexity index is 927. The van der Waals surface area contributed by atoms with Gasteiger partial charge >= 0.3 is 11.7 Å². The minimum Gasteiger partial charge on any atom is -0.413 e. The van der Waals surface area contributed by atoms with E-state index >= 15 is 0 Å². The standard InChI is InChI=1S/C16H9ClN2O4/c17-12-5-1-3-11(9-12)16(20)23-15-13(19(21)22)7-6-10-4-2-8-18-14(10)15/h1-9H. The van der Waals surface area contributed by atoms with Gasteiger partial charge in [0.15, 0.2) is 0 Å². The van der Waals surface area contributed by atoms with Gasteiger partial charge in [0, 0.05) is 22.7 Å². The Hall–Kier alpha value is -2.99. The highest BCUT2D eigenvalue weighted by Crippen LogP contribution is 2.34. The fourth-order valence-electron chi connectivity index (χ4n) is 2.12. The number of nitrogens with zero attached hydrogens (tertiary/aromatic N) is 2. The number of benzene rings is 2. The lowest BCUT2D eigenvalue weighted by Gasteiger charge is -2.08. The molecule has 3 rings (SSSR count). The quantitative estimate of drug-likeness (QED) is 0.314. The van der Waals surface area contributed by atoms with Gasteiger partial charge in [0.25, 0.3) is 0 Å². The Kier molecular flexibility index (Phi) is 3.91. The molecule has 2 aromatic carbocycles. The van der Waals surface area contributed by atoms with E-state index < -0.39 is 10.9 Å². The first-order chi connectivity index (χ1) is 11.1. The number of pyridine rings is 1. The van der Waals surface area contributed by atoms with Gasteiger partial charge in [0.1, 0.15) is 5.52 Å². The van der Waals surface area contributed by atoms with Crippen LogP contribution in [0.15, 0.2) is 54.7 Å². The van der Waals surface area contributed by atoms with Gasteiger partial charge in [-0.3, -0.25) is 15.1 Å². The first-order valence-electron chi connectivity index (χ1n) is 6.56. The maximum atomic E-state index is 12.3. The van der Waals surface area contributed by atoms with Crippen LogP contribution in [0.3, 0.4) is 0 Å². The average molecular weight is 329 g/mol. The van der Waals surface area contributed by atoms with E-state index in [1.54, 1.807) is 30.3 Å². The second-order valence-corrected chi connectivity index (χ2v) is 5.08. The summed E-state index contributed by atoms with van der Waals surface area (Å²) in [5.74, 6) is -0.924. The van der Waals surface area contributed by atoms with Crippen molar-refractivity contribution in [2.75, 3.05) is 0 Å². The fourth-order valence-corrected chi connectivity index (χ4v) is 2.31. The van der Waals surface area contributed by atoms with Crippen molar-refractivity contribution in [1.29, 1.82) is 0 Å². The summed E-state index contributed by atoms with van der Waals surface area (Å²) in [6, 6.07) is 12.4. The van der Waals surface area contributed by atoms with Crippen molar-refractivity contribution in [3.05, 3.63) is 75.4 Å². The second kappa shape index (κ2) is 6.02. The minimum absolute atomic E-state index is 0.182. The smallest absolute Gasteiger partial charge is 0.343 e. The topological polar surface area (TPSA) is 82.3 Å². The number of rotatable bonds is 3. The molecule has 0 aliphatic heterocycles. The summed E-state index contributed by atoms with van der Waals surface area (Å²) in [5, 5.41) is 12.2. The third-order valence-electron chi connectivity index (χ3n) is 3.16. The number of carbonyl (C=O) groups excluding carboxylic acids is 1. The Morgan fingerprint density at radius 1 is 1.17 bits per heavy atom. The van der Waals surface area contributed by atoms with E-state index in [1.165, 1.54) is 24.4 Å². The van der Waals surface area contributed by atoms with Crippen LogP contribution in [-0.2, 0) is 0 Å². The molecular weight excluding hydrogens is 320 g/mol. The summed E-state index contributed by atoms with van der Waals surface area (Å²) in [6.07, 6.45) is 1.47. The van der Waals surface area contributed by atoms with Crippen molar-refractivity contribution in [3.8, 4) is 5.75 Å². The molecule has 23 heavy (non-hydrogen) atoms. The summed E-state index contributed by atoms with van der Waals surface area (Å²) in [4.78, 5) is 26.9. The van der Waals surface area contributed by atoms with E-state index in [4.69, 9.17) is 16.3 Å². The molecule has 0 unspecified atom stereocenters. The maximum Gasteiger partial charge on any atom is 0.343 e. The minimum atomic E-state index is -0.742. The van der Waals surface area contributed by atoms with Gasteiger partial charge in [-0.1, -0.05) is 23.7 Å². The van der Waals surface area contributed by atoms with Gasteiger partial charge in [-0.15, -0.1) is 0 Å². The molecule has 0 saturated heterocycles. The van der Waals surface area contributed by atoms with E-state index in [2.05, 4.69) is 4.98 Å². The van der Waals surface area contributed by atoms with Gasteiger partial charge in [-0.05, 0) is 30.3 Å². The van der Waals surface area contributed by atoms with Crippen LogP contribution in [0, 0.1) is 10.1 Å². The predicted molar refractivity (Wildman–Crippen MR) is 84.8 cm³/mol. The lowest BCUT2D eigenvalue weighted by molar-refractivity contribution is -0.385. The Morgan fingerprint density at radius 3 is 2.74 bits per heavy atom. The molecule has 0 amide bonds. The second-order valence-electron chi connectivity index (χ2n) is 4.65. The summed E-state index contributed by atoms with van der Waals surface area (Å²) < 4.78 is 5.26. The number of esters is 1. The summed E-state index contributed by atoms with van der Waals surface area (Å²) in [7, 11) is 0. The first-order valence-corrected chi connectivity index (χ1v) is 6.94. The zero-order chi connectivity index (χ0) is 16.4. The highest BCUT2D eigenvalue weighted by molar-refractivity contribution is 6.30. The number of carbonyl (C=O) groups is 1. The highest BCUT2D eigenvalue weighted by Gasteiger charge is 2.23. The zero-order valence-corrected chi connectivity index (χ0v) is 12.4. The number of aromatic nitrogens is 1. The molecule has 0 N–H and O–H groups in total. The lowest BCUT2D eigenvalue weighted by atomic mass is 10.2. The number of hydrogen-bond acceptors (Lipinski definition) is 5. The number of fused-ring (bicyclic) bond motifs is 1. The molecule has 3 aromatic rings. The number of nitro benzene ring substituents is 1. The van der Waals surface area contributed by atoms with Crippen LogP contribution >= 0.6 is 11.6 Å². The van der Waals surface area contributed by atoms with Crippen LogP contribution in [0.1, 0.15) is 10.4 Å². The molecule has 6 nitrogen and oxygen atoms in total. The Balaban J connectivity index is 2.09. The van der Waals surface area contributed by atoms with Gasteiger partial charge in [-0.2, -0.15) is 0 Å². The van der Waals surface area contributed by atoms with Gasteiger partial charge in [0.2, 0.25) is 5.75 Å². The van der Waals surface area contributed by atoms with Crippen LogP contribution in [0.5, 0.6) is 5.75 Å². The molecule has 0 fully saturated rings. The number of hydrogen-bond donors (Lipinski definition) is 0. The van der Waals surface area contributed by atoms with E-state index in [0.717, 1.165) is 0 Å². The SMILES string of the molecule is O=C(Oc1c([N+](=O)[O-])ccc2cccnc12)c1cccc(Cl)c1. The van der Waals surface area contributed by atoms with E-state index in [0.29, 0.717) is 10.4 Å². The van der Waals surface area contributed by atoms with Crippen LogP contribution in [0.4, 0.5) is 5.69 Å². The van der Waals surface area contributed by atoms with E-state index in [-0.39, 0.29) is 22.5 Å². The summed E-state index contributed by atoms with van der Waals surface area (Å²) in [6.45, 7) is 0. The molecule has 0 atom stereocenters. The third kappa shape index (κ3) is 2.97. The van der Waals surface area contributed by atoms with Crippen molar-refractivity contribution in [1.82, 2.24) is 4.98 Å². The molecule has 0 aliphatic rings. The first kappa shape index (κ1) is 14.9. The van der Waals surface area contributed by atoms with Crippen LogP contribution < -0.4 is 4.74 Å². The summed E-state index contributed by atoms with van der Waals surface area (Å²) in [5.41, 5.74) is 0.114. The predicted octanol–water partition coefficient (Wildman–Crippen LogP) is 4.02. The monoisotopic (exact) mass is 328 g/mol. The highest BCUT2D eigenvalue weighted by atomic mass is 35.5. The maximum absolute atomic E-state index is 12.3. The van der Waals surface area contributed by atoms with Crippen LogP contribution in [0.25, 0.3) is 10.9 Å². The van der Waals surface area contributed by atoms with Gasteiger partial charge < -0.3 is 4.74 Å². The normalized spacial score (nSPS) is 10.5. The molecule has 7 heteroatoms. The average Bonchev–Trinajstić information content (AvgIpc) is 2.54. The molecule has 0 bridgehead atoms. The molecule has 0 saturated carbocycles. The Morgan fingerprint density at radius 2 is 2.00 bits per heavy atom. The molecule has 0 radical (unpaired) electrons. The Labute approximate surface area is 135 Å². The van der Waals surface area contributed by atoms with Crippen LogP contribution in [-0.4, -0.2) is 15.9 Å². The van der Waals surface area contributed by atoms with Gasteiger partial charge in [-0.25, -0.2) is 4.79 Å². The number of halogens is 1. The van der Waals surface area contributed by atoms with Crippen LogP contribution in [0.2, 0.25) is 5.02 Å². The van der Waals surface area contributed by atoms with Crippen molar-refractivity contribution >= 4 is 34.2 Å². The number of nitro groups is 1. The summed E-state index contributed by atoms with van der Waals surface area (Å²) >= 11 is 5.84. The number of ether oxygens (including phenoxy) is 1. The largest absolute Gasteiger partial charge is 0.413 e. The van der Waals surface area contributed by atoms with Crippen molar-refractivity contribution < 1.29 is 14.5 Å². The molecular formula is C16H9ClN2O4. The van der Waals surface area contributed by atoms with E-state index in [9.17, 15) is 14.9 Å². The molecule has 0 spiro atoms. The van der Waals surface area contributed by atoms with Gasteiger partial charge in [0.05, 0.1) is 10.5 Å². The molecule has 1 aromatic heterocycles. The molecule has 1 heterocycles.